The van der Waals surface area contributed by atoms with Crippen LogP contribution < -0.4 is 9.50 Å². The topological polar surface area (TPSA) is 96.3 Å². The van der Waals surface area contributed by atoms with Crippen LogP contribution in [0.2, 0.25) is 5.02 Å². The zero-order valence-corrected chi connectivity index (χ0v) is 22.6. The third-order valence-corrected chi connectivity index (χ3v) is 7.38. The molecule has 0 radical (unpaired) electrons. The van der Waals surface area contributed by atoms with Crippen molar-refractivity contribution in [2.75, 3.05) is 5.32 Å². The molecule has 1 N–H and O–H groups in total. The van der Waals surface area contributed by atoms with Crippen molar-refractivity contribution in [3.8, 4) is 11.8 Å². The van der Waals surface area contributed by atoms with Crippen molar-refractivity contribution >= 4 is 71.2 Å². The molecular weight excluding hydrogens is 608 g/mol. The van der Waals surface area contributed by atoms with Crippen LogP contribution in [0.1, 0.15) is 16.7 Å². The highest BCUT2D eigenvalue weighted by Gasteiger charge is 2.22. The number of nitrogens with one attached hydrogen (secondary N) is 1. The van der Waals surface area contributed by atoms with Crippen LogP contribution in [0.4, 0.5) is 5.69 Å². The van der Waals surface area contributed by atoms with E-state index in [2.05, 4.69) is 37.2 Å². The lowest BCUT2D eigenvalue weighted by Crippen LogP contribution is -2.15. The van der Waals surface area contributed by atoms with E-state index in [0.29, 0.717) is 19.7 Å². The number of anilines is 1. The summed E-state index contributed by atoms with van der Waals surface area (Å²) in [5.74, 6) is -0.718. The Morgan fingerprint density at radius 3 is 2.44 bits per heavy atom. The molecule has 0 unspecified atom stereocenters. The summed E-state index contributed by atoms with van der Waals surface area (Å²) in [5, 5.41) is 12.8. The van der Waals surface area contributed by atoms with E-state index >= 15 is 0 Å². The normalized spacial score (nSPS) is 11.6. The van der Waals surface area contributed by atoms with E-state index in [9.17, 15) is 18.5 Å². The molecule has 0 saturated heterocycles. The number of nitrogens with zero attached hydrogens (tertiary/aromatic N) is 1. The maximum absolute atomic E-state index is 12.8. The summed E-state index contributed by atoms with van der Waals surface area (Å²) in [4.78, 5) is 12.7. The molecule has 1 amide bonds. The van der Waals surface area contributed by atoms with Crippen molar-refractivity contribution in [3.63, 3.8) is 0 Å². The number of hydrogen-bond donors (Lipinski definition) is 1. The first kappa shape index (κ1) is 26.0. The number of amides is 1. The predicted molar refractivity (Wildman–Crippen MR) is 139 cm³/mol. The van der Waals surface area contributed by atoms with Gasteiger partial charge in [-0.25, -0.2) is 0 Å². The molecule has 0 spiro atoms. The molecule has 34 heavy (non-hydrogen) atoms. The average molecular weight is 625 g/mol. The van der Waals surface area contributed by atoms with Crippen molar-refractivity contribution in [1.82, 2.24) is 0 Å². The van der Waals surface area contributed by atoms with E-state index in [1.54, 1.807) is 24.3 Å². The van der Waals surface area contributed by atoms with Gasteiger partial charge in [0.1, 0.15) is 16.5 Å². The van der Waals surface area contributed by atoms with E-state index in [1.165, 1.54) is 30.3 Å². The van der Waals surface area contributed by atoms with E-state index in [-0.39, 0.29) is 21.8 Å². The fourth-order valence-corrected chi connectivity index (χ4v) is 5.46. The number of carbonyl (C=O) groups is 1. The van der Waals surface area contributed by atoms with Gasteiger partial charge in [0.2, 0.25) is 0 Å². The van der Waals surface area contributed by atoms with Crippen molar-refractivity contribution in [2.24, 2.45) is 0 Å². The van der Waals surface area contributed by atoms with Gasteiger partial charge < -0.3 is 9.50 Å². The summed E-state index contributed by atoms with van der Waals surface area (Å²) in [5.41, 5.74) is 2.39. The third kappa shape index (κ3) is 6.07. The summed E-state index contributed by atoms with van der Waals surface area (Å²) in [7, 11) is -4.23. The number of carbonyl (C=O) groups excluding carboxylic acids is 1. The molecule has 0 aliphatic heterocycles. The number of rotatable bonds is 6. The molecule has 0 bridgehead atoms. The molecule has 3 aromatic carbocycles. The number of benzene rings is 3. The number of halogens is 3. The highest BCUT2D eigenvalue weighted by molar-refractivity contribution is 9.11. The lowest BCUT2D eigenvalue weighted by molar-refractivity contribution is -0.112. The van der Waals surface area contributed by atoms with Gasteiger partial charge in [0.25, 0.3) is 5.91 Å². The molecule has 6 nitrogen and oxygen atoms in total. The summed E-state index contributed by atoms with van der Waals surface area (Å²) >= 11 is 12.5. The molecule has 0 aliphatic carbocycles. The molecule has 3 rings (SSSR count). The van der Waals surface area contributed by atoms with Gasteiger partial charge in [0, 0.05) is 20.7 Å². The van der Waals surface area contributed by atoms with Gasteiger partial charge in [-0.2, -0.15) is 13.7 Å². The second-order valence-corrected chi connectivity index (χ2v) is 10.9. The van der Waals surface area contributed by atoms with Crippen LogP contribution in [0.15, 0.2) is 74.0 Å². The van der Waals surface area contributed by atoms with Crippen LogP contribution in [0.25, 0.3) is 6.08 Å². The van der Waals surface area contributed by atoms with Crippen LogP contribution in [0.5, 0.6) is 5.75 Å². The smallest absolute Gasteiger partial charge is 0.339 e. The van der Waals surface area contributed by atoms with E-state index in [0.717, 1.165) is 11.1 Å². The standard InChI is InChI=1S/C24H17Br2ClN2O4S/c1-14-4-3-5-22(15(14)2)29-24(30)17(13-28)10-16-11-18(25)12-21(26)23(16)33-34(31,32)20-8-6-19(27)7-9-20/h3-12H,1-2H3,(H,29,30)/b17-10+. The van der Waals surface area contributed by atoms with Crippen LogP contribution in [-0.4, -0.2) is 14.3 Å². The van der Waals surface area contributed by atoms with Crippen molar-refractivity contribution < 1.29 is 17.4 Å². The SMILES string of the molecule is Cc1cccc(NC(=O)/C(C#N)=C/c2cc(Br)cc(Br)c2OS(=O)(=O)c2ccc(Cl)cc2)c1C. The van der Waals surface area contributed by atoms with E-state index in [1.807, 2.05) is 26.0 Å². The lowest BCUT2D eigenvalue weighted by atomic mass is 10.1. The Labute approximate surface area is 219 Å². The molecule has 10 heteroatoms. The summed E-state index contributed by atoms with van der Waals surface area (Å²) in [6.07, 6.45) is 1.27. The number of nitriles is 1. The van der Waals surface area contributed by atoms with Gasteiger partial charge in [-0.05, 0) is 89.4 Å². The largest absolute Gasteiger partial charge is 0.377 e. The molecular formula is C24H17Br2ClN2O4S. The highest BCUT2D eigenvalue weighted by atomic mass is 79.9. The molecule has 3 aromatic rings. The minimum atomic E-state index is -4.23. The molecule has 174 valence electrons. The fraction of sp³-hybridized carbons (Fsp3) is 0.0833. The highest BCUT2D eigenvalue weighted by Crippen LogP contribution is 2.36. The maximum atomic E-state index is 12.8. The summed E-state index contributed by atoms with van der Waals surface area (Å²) < 4.78 is 32.0. The Hall–Kier alpha value is -2.64. The molecule has 0 aliphatic rings. The van der Waals surface area contributed by atoms with E-state index < -0.39 is 16.0 Å². The predicted octanol–water partition coefficient (Wildman–Crippen LogP) is 6.80. The van der Waals surface area contributed by atoms with Gasteiger partial charge in [0.15, 0.2) is 5.75 Å². The van der Waals surface area contributed by atoms with Crippen LogP contribution >= 0.6 is 43.5 Å². The molecule has 0 saturated carbocycles. The van der Waals surface area contributed by atoms with E-state index in [4.69, 9.17) is 15.8 Å². The molecule has 0 atom stereocenters. The van der Waals surface area contributed by atoms with Crippen molar-refractivity contribution in [3.05, 3.63) is 90.8 Å². The summed E-state index contributed by atoms with van der Waals surface area (Å²) in [6, 6.07) is 15.9. The van der Waals surface area contributed by atoms with Crippen LogP contribution in [-0.2, 0) is 14.9 Å². The van der Waals surface area contributed by atoms with Gasteiger partial charge >= 0.3 is 10.1 Å². The van der Waals surface area contributed by atoms with Crippen molar-refractivity contribution in [2.45, 2.75) is 18.7 Å². The zero-order chi connectivity index (χ0) is 25.0. The van der Waals surface area contributed by atoms with Gasteiger partial charge in [0.05, 0.1) is 4.47 Å². The first-order chi connectivity index (χ1) is 16.0. The molecule has 0 fully saturated rings. The zero-order valence-electron chi connectivity index (χ0n) is 17.9. The first-order valence-electron chi connectivity index (χ1n) is 9.70. The fourth-order valence-electron chi connectivity index (χ4n) is 2.91. The molecule has 0 aromatic heterocycles. The Morgan fingerprint density at radius 1 is 1.12 bits per heavy atom. The lowest BCUT2D eigenvalue weighted by Gasteiger charge is -2.13. The van der Waals surface area contributed by atoms with Crippen LogP contribution in [0, 0.1) is 25.2 Å². The maximum Gasteiger partial charge on any atom is 0.339 e. The quantitative estimate of drug-likeness (QED) is 0.185. The summed E-state index contributed by atoms with van der Waals surface area (Å²) in [6.45, 7) is 3.77. The average Bonchev–Trinajstić information content (AvgIpc) is 2.77. The second kappa shape index (κ2) is 10.7. The molecule has 0 heterocycles. The Kier molecular flexibility index (Phi) is 8.21. The minimum absolute atomic E-state index is 0.0783. The van der Waals surface area contributed by atoms with Crippen molar-refractivity contribution in [1.29, 1.82) is 5.26 Å². The van der Waals surface area contributed by atoms with Gasteiger partial charge in [-0.15, -0.1) is 0 Å². The first-order valence-corrected chi connectivity index (χ1v) is 13.1. The monoisotopic (exact) mass is 622 g/mol. The number of aryl methyl sites for hydroxylation is 1. The van der Waals surface area contributed by atoms with Gasteiger partial charge in [-0.1, -0.05) is 39.7 Å². The Bertz CT molecular complexity index is 1450. The number of hydrogen-bond acceptors (Lipinski definition) is 5. The third-order valence-electron chi connectivity index (χ3n) is 4.85. The van der Waals surface area contributed by atoms with Gasteiger partial charge in [-0.3, -0.25) is 4.79 Å². The minimum Gasteiger partial charge on any atom is -0.377 e. The second-order valence-electron chi connectivity index (χ2n) is 7.17. The Balaban J connectivity index is 2.01. The van der Waals surface area contributed by atoms with Crippen LogP contribution in [0.3, 0.4) is 0 Å². The Morgan fingerprint density at radius 2 is 1.79 bits per heavy atom.